The van der Waals surface area contributed by atoms with Crippen LogP contribution < -0.4 is 5.73 Å². The van der Waals surface area contributed by atoms with Crippen LogP contribution in [0.25, 0.3) is 0 Å². The predicted molar refractivity (Wildman–Crippen MR) is 47.3 cm³/mol. The minimum atomic E-state index is -2.86. The van der Waals surface area contributed by atoms with Crippen molar-refractivity contribution in [3.8, 4) is 0 Å². The molecular formula is C8H17F2NO3W. The Kier molecular flexibility index (Phi) is 12.9. The molecule has 0 rings (SSSR count). The van der Waals surface area contributed by atoms with Gasteiger partial charge in [-0.3, -0.25) is 0 Å². The van der Waals surface area contributed by atoms with E-state index in [2.05, 4.69) is 4.74 Å². The molecule has 0 aliphatic carbocycles. The second kappa shape index (κ2) is 10.9. The molecule has 0 spiro atoms. The fourth-order valence-corrected chi connectivity index (χ4v) is 0.789. The molecule has 0 aliphatic rings. The van der Waals surface area contributed by atoms with E-state index in [1.54, 1.807) is 0 Å². The smallest absolute Gasteiger partial charge is 0.272 e. The second-order valence-corrected chi connectivity index (χ2v) is 2.78. The van der Waals surface area contributed by atoms with E-state index in [9.17, 15) is 8.78 Å². The minimum absolute atomic E-state index is 0. The first-order chi connectivity index (χ1) is 6.62. The maximum absolute atomic E-state index is 12.7. The summed E-state index contributed by atoms with van der Waals surface area (Å²) >= 11 is 0. The standard InChI is InChI=1S/C8H17F2NO3.W/c9-8(10,1-2-11)7-14-6-5-13-4-3-12;/h12H,1-7,11H2;. The van der Waals surface area contributed by atoms with Crippen molar-refractivity contribution in [3.05, 3.63) is 0 Å². The number of aliphatic hydroxyl groups excluding tert-OH is 1. The number of nitrogens with two attached hydrogens (primary N) is 1. The zero-order valence-electron chi connectivity index (χ0n) is 8.45. The van der Waals surface area contributed by atoms with Crippen molar-refractivity contribution in [1.29, 1.82) is 0 Å². The van der Waals surface area contributed by atoms with Crippen LogP contribution in [0, 0.1) is 0 Å². The maximum Gasteiger partial charge on any atom is 0.272 e. The molecule has 0 saturated heterocycles. The molecule has 4 nitrogen and oxygen atoms in total. The van der Waals surface area contributed by atoms with E-state index in [-0.39, 0.29) is 60.5 Å². The van der Waals surface area contributed by atoms with Crippen LogP contribution in [-0.2, 0) is 30.5 Å². The fourth-order valence-electron chi connectivity index (χ4n) is 0.789. The van der Waals surface area contributed by atoms with Gasteiger partial charge < -0.3 is 20.3 Å². The van der Waals surface area contributed by atoms with Gasteiger partial charge in [-0.05, 0) is 6.54 Å². The van der Waals surface area contributed by atoms with Crippen LogP contribution in [0.5, 0.6) is 0 Å². The Morgan fingerprint density at radius 3 is 2.27 bits per heavy atom. The normalized spacial score (nSPS) is 11.2. The SMILES string of the molecule is NCCC(F)(F)COCCOCCO.[W]. The molecule has 0 radical (unpaired) electrons. The van der Waals surface area contributed by atoms with Gasteiger partial charge in [0.1, 0.15) is 6.61 Å². The third kappa shape index (κ3) is 12.3. The van der Waals surface area contributed by atoms with Crippen LogP contribution in [-0.4, -0.2) is 50.6 Å². The molecule has 0 atom stereocenters. The van der Waals surface area contributed by atoms with Gasteiger partial charge in [0.15, 0.2) is 0 Å². The summed E-state index contributed by atoms with van der Waals surface area (Å²) < 4.78 is 34.9. The molecular weight excluding hydrogens is 380 g/mol. The van der Waals surface area contributed by atoms with Crippen LogP contribution in [0.4, 0.5) is 8.78 Å². The van der Waals surface area contributed by atoms with Gasteiger partial charge in [-0.25, -0.2) is 8.78 Å². The summed E-state index contributed by atoms with van der Waals surface area (Å²) in [6.07, 6.45) is -0.371. The average Bonchev–Trinajstić information content (AvgIpc) is 2.11. The molecule has 0 aromatic carbocycles. The summed E-state index contributed by atoms with van der Waals surface area (Å²) in [5, 5.41) is 8.32. The first-order valence-electron chi connectivity index (χ1n) is 4.46. The Morgan fingerprint density at radius 1 is 1.13 bits per heavy atom. The molecule has 0 aliphatic heterocycles. The molecule has 7 heteroatoms. The van der Waals surface area contributed by atoms with E-state index in [1.807, 2.05) is 0 Å². The molecule has 0 aromatic rings. The van der Waals surface area contributed by atoms with E-state index in [0.717, 1.165) is 0 Å². The molecule has 3 N–H and O–H groups in total. The molecule has 0 amide bonds. The van der Waals surface area contributed by atoms with Crippen LogP contribution in [0.3, 0.4) is 0 Å². The number of rotatable bonds is 9. The second-order valence-electron chi connectivity index (χ2n) is 2.78. The van der Waals surface area contributed by atoms with Crippen molar-refractivity contribution in [2.75, 3.05) is 39.6 Å². The fraction of sp³-hybridized carbons (Fsp3) is 1.00. The van der Waals surface area contributed by atoms with Crippen molar-refractivity contribution in [2.45, 2.75) is 12.3 Å². The van der Waals surface area contributed by atoms with Crippen molar-refractivity contribution >= 4 is 0 Å². The monoisotopic (exact) mass is 397 g/mol. The van der Waals surface area contributed by atoms with Crippen molar-refractivity contribution in [3.63, 3.8) is 0 Å². The largest absolute Gasteiger partial charge is 0.394 e. The summed E-state index contributed by atoms with van der Waals surface area (Å²) in [7, 11) is 0. The Labute approximate surface area is 102 Å². The van der Waals surface area contributed by atoms with Gasteiger partial charge in [0.2, 0.25) is 0 Å². The van der Waals surface area contributed by atoms with Crippen LogP contribution in [0.15, 0.2) is 0 Å². The van der Waals surface area contributed by atoms with E-state index >= 15 is 0 Å². The van der Waals surface area contributed by atoms with E-state index in [1.165, 1.54) is 0 Å². The number of halogens is 2. The third-order valence-electron chi connectivity index (χ3n) is 1.43. The van der Waals surface area contributed by atoms with Gasteiger partial charge in [-0.1, -0.05) is 0 Å². The summed E-state index contributed by atoms with van der Waals surface area (Å²) in [5.41, 5.74) is 5.00. The molecule has 0 aromatic heterocycles. The summed E-state index contributed by atoms with van der Waals surface area (Å²) in [6, 6.07) is 0. The van der Waals surface area contributed by atoms with Gasteiger partial charge >= 0.3 is 0 Å². The van der Waals surface area contributed by atoms with Crippen molar-refractivity contribution < 1.29 is 44.4 Å². The molecule has 0 unspecified atom stereocenters. The molecule has 0 fully saturated rings. The van der Waals surface area contributed by atoms with Gasteiger partial charge in [0, 0.05) is 27.5 Å². The first-order valence-corrected chi connectivity index (χ1v) is 4.46. The predicted octanol–water partition coefficient (Wildman–Crippen LogP) is -0.00650. The third-order valence-corrected chi connectivity index (χ3v) is 1.43. The topological polar surface area (TPSA) is 64.7 Å². The Balaban J connectivity index is 0. The summed E-state index contributed by atoms with van der Waals surface area (Å²) in [6.45, 7) is -0.268. The number of ether oxygens (including phenoxy) is 2. The van der Waals surface area contributed by atoms with Gasteiger partial charge in [0.05, 0.1) is 26.4 Å². The number of alkyl halides is 2. The summed E-state index contributed by atoms with van der Waals surface area (Å²) in [5.74, 6) is -2.86. The minimum Gasteiger partial charge on any atom is -0.394 e. The van der Waals surface area contributed by atoms with E-state index < -0.39 is 12.5 Å². The van der Waals surface area contributed by atoms with Gasteiger partial charge in [0.25, 0.3) is 5.92 Å². The quantitative estimate of drug-likeness (QED) is 0.538. The molecule has 92 valence electrons. The zero-order valence-corrected chi connectivity index (χ0v) is 11.4. The molecule has 15 heavy (non-hydrogen) atoms. The van der Waals surface area contributed by atoms with Crippen molar-refractivity contribution in [2.24, 2.45) is 5.73 Å². The van der Waals surface area contributed by atoms with Gasteiger partial charge in [-0.2, -0.15) is 0 Å². The summed E-state index contributed by atoms with van der Waals surface area (Å²) in [4.78, 5) is 0. The molecule has 0 saturated carbocycles. The Morgan fingerprint density at radius 2 is 1.73 bits per heavy atom. The number of hydrogen-bond donors (Lipinski definition) is 2. The maximum atomic E-state index is 12.7. The van der Waals surface area contributed by atoms with E-state index in [0.29, 0.717) is 0 Å². The van der Waals surface area contributed by atoms with Crippen LogP contribution in [0.1, 0.15) is 6.42 Å². The van der Waals surface area contributed by atoms with Crippen LogP contribution >= 0.6 is 0 Å². The van der Waals surface area contributed by atoms with Crippen LogP contribution in [0.2, 0.25) is 0 Å². The molecule has 0 heterocycles. The van der Waals surface area contributed by atoms with Gasteiger partial charge in [-0.15, -0.1) is 0 Å². The van der Waals surface area contributed by atoms with E-state index in [4.69, 9.17) is 15.6 Å². The Hall–Kier alpha value is 0.388. The van der Waals surface area contributed by atoms with Crippen molar-refractivity contribution in [1.82, 2.24) is 0 Å². The first kappa shape index (κ1) is 17.8. The number of aliphatic hydroxyl groups is 1. The zero-order chi connectivity index (χ0) is 10.9. The average molecular weight is 397 g/mol. The Bertz CT molecular complexity index is 141. The molecule has 0 bridgehead atoms. The number of hydrogen-bond acceptors (Lipinski definition) is 4.